The monoisotopic (exact) mass is 211 g/mol. The van der Waals surface area contributed by atoms with E-state index in [1.54, 1.807) is 13.1 Å². The molecule has 0 fully saturated rings. The predicted octanol–water partition coefficient (Wildman–Crippen LogP) is 0.0409. The summed E-state index contributed by atoms with van der Waals surface area (Å²) < 4.78 is 5.43. The number of nitrogens with zero attached hydrogens (tertiary/aromatic N) is 3. The van der Waals surface area contributed by atoms with Gasteiger partial charge in [-0.2, -0.15) is 9.97 Å². The van der Waals surface area contributed by atoms with Crippen molar-refractivity contribution in [2.24, 2.45) is 0 Å². The standard InChI is InChI=1S/C9H17N5O/c1-11-7-6-8(13-9(10)12-7)15-5-4-14(2)3/h6H,4-5H2,1-3H3,(H3,10,11,12,13). The third-order valence-electron chi connectivity index (χ3n) is 1.76. The second-order valence-electron chi connectivity index (χ2n) is 3.35. The summed E-state index contributed by atoms with van der Waals surface area (Å²) in [6.07, 6.45) is 0. The molecule has 6 heteroatoms. The van der Waals surface area contributed by atoms with Gasteiger partial charge in [0.2, 0.25) is 11.8 Å². The molecule has 0 atom stereocenters. The zero-order valence-electron chi connectivity index (χ0n) is 9.32. The molecule has 0 saturated heterocycles. The van der Waals surface area contributed by atoms with Crippen LogP contribution in [-0.2, 0) is 0 Å². The lowest BCUT2D eigenvalue weighted by atomic mass is 10.5. The van der Waals surface area contributed by atoms with Crippen LogP contribution in [0.4, 0.5) is 11.8 Å². The lowest BCUT2D eigenvalue weighted by Crippen LogP contribution is -2.19. The minimum atomic E-state index is 0.210. The Morgan fingerprint density at radius 2 is 2.20 bits per heavy atom. The fourth-order valence-electron chi connectivity index (χ4n) is 0.978. The second kappa shape index (κ2) is 5.35. The van der Waals surface area contributed by atoms with E-state index in [0.29, 0.717) is 18.3 Å². The maximum atomic E-state index is 5.51. The van der Waals surface area contributed by atoms with Gasteiger partial charge in [0.1, 0.15) is 12.4 Å². The van der Waals surface area contributed by atoms with Gasteiger partial charge in [-0.15, -0.1) is 0 Å². The van der Waals surface area contributed by atoms with Crippen LogP contribution in [0.2, 0.25) is 0 Å². The van der Waals surface area contributed by atoms with E-state index in [1.807, 2.05) is 19.0 Å². The zero-order valence-corrected chi connectivity index (χ0v) is 9.32. The molecule has 15 heavy (non-hydrogen) atoms. The Morgan fingerprint density at radius 1 is 1.47 bits per heavy atom. The lowest BCUT2D eigenvalue weighted by molar-refractivity contribution is 0.254. The molecular formula is C9H17N5O. The SMILES string of the molecule is CNc1cc(OCCN(C)C)nc(N)n1. The minimum absolute atomic E-state index is 0.210. The Kier molecular flexibility index (Phi) is 4.11. The van der Waals surface area contributed by atoms with E-state index in [9.17, 15) is 0 Å². The van der Waals surface area contributed by atoms with Gasteiger partial charge < -0.3 is 20.7 Å². The third-order valence-corrected chi connectivity index (χ3v) is 1.76. The Hall–Kier alpha value is -1.56. The number of ether oxygens (including phenoxy) is 1. The first-order valence-corrected chi connectivity index (χ1v) is 4.71. The van der Waals surface area contributed by atoms with Crippen molar-refractivity contribution in [2.45, 2.75) is 0 Å². The van der Waals surface area contributed by atoms with Crippen molar-refractivity contribution in [3.63, 3.8) is 0 Å². The van der Waals surface area contributed by atoms with Crippen molar-refractivity contribution >= 4 is 11.8 Å². The first-order valence-electron chi connectivity index (χ1n) is 4.71. The molecular weight excluding hydrogens is 194 g/mol. The summed E-state index contributed by atoms with van der Waals surface area (Å²) in [6.45, 7) is 1.41. The van der Waals surface area contributed by atoms with E-state index < -0.39 is 0 Å². The molecule has 0 saturated carbocycles. The van der Waals surface area contributed by atoms with Gasteiger partial charge in [-0.1, -0.05) is 0 Å². The molecule has 0 bridgehead atoms. The van der Waals surface area contributed by atoms with Gasteiger partial charge in [0.15, 0.2) is 0 Å². The second-order valence-corrected chi connectivity index (χ2v) is 3.35. The highest BCUT2D eigenvalue weighted by atomic mass is 16.5. The Morgan fingerprint density at radius 3 is 2.80 bits per heavy atom. The van der Waals surface area contributed by atoms with Gasteiger partial charge >= 0.3 is 0 Å². The molecule has 0 aliphatic heterocycles. The van der Waals surface area contributed by atoms with Crippen LogP contribution in [0.3, 0.4) is 0 Å². The summed E-state index contributed by atoms with van der Waals surface area (Å²) >= 11 is 0. The van der Waals surface area contributed by atoms with Crippen molar-refractivity contribution < 1.29 is 4.74 Å². The molecule has 0 unspecified atom stereocenters. The quantitative estimate of drug-likeness (QED) is 0.716. The van der Waals surface area contributed by atoms with Gasteiger partial charge in [-0.3, -0.25) is 0 Å². The van der Waals surface area contributed by atoms with Crippen LogP contribution < -0.4 is 15.8 Å². The summed E-state index contributed by atoms with van der Waals surface area (Å²) in [5.74, 6) is 1.36. The maximum absolute atomic E-state index is 5.51. The number of aromatic nitrogens is 2. The fourth-order valence-corrected chi connectivity index (χ4v) is 0.978. The van der Waals surface area contributed by atoms with Crippen LogP contribution in [-0.4, -0.2) is 49.2 Å². The van der Waals surface area contributed by atoms with E-state index in [2.05, 4.69) is 15.3 Å². The van der Waals surface area contributed by atoms with Crippen LogP contribution in [0.25, 0.3) is 0 Å². The van der Waals surface area contributed by atoms with Crippen molar-refractivity contribution in [3.8, 4) is 5.88 Å². The molecule has 0 aliphatic carbocycles. The highest BCUT2D eigenvalue weighted by Gasteiger charge is 2.01. The summed E-state index contributed by atoms with van der Waals surface area (Å²) in [4.78, 5) is 9.96. The Bertz CT molecular complexity index is 315. The van der Waals surface area contributed by atoms with Crippen molar-refractivity contribution in [1.82, 2.24) is 14.9 Å². The number of nitrogen functional groups attached to an aromatic ring is 1. The molecule has 0 spiro atoms. The number of hydrogen-bond donors (Lipinski definition) is 2. The largest absolute Gasteiger partial charge is 0.476 e. The molecule has 6 nitrogen and oxygen atoms in total. The first kappa shape index (κ1) is 11.5. The van der Waals surface area contributed by atoms with E-state index in [4.69, 9.17) is 10.5 Å². The van der Waals surface area contributed by atoms with Crippen LogP contribution in [0.5, 0.6) is 5.88 Å². The molecule has 84 valence electrons. The van der Waals surface area contributed by atoms with Gasteiger partial charge in [-0.25, -0.2) is 0 Å². The highest BCUT2D eigenvalue weighted by Crippen LogP contribution is 2.13. The molecule has 0 aromatic carbocycles. The van der Waals surface area contributed by atoms with Gasteiger partial charge in [0, 0.05) is 19.7 Å². The molecule has 1 heterocycles. The number of rotatable bonds is 5. The van der Waals surface area contributed by atoms with E-state index >= 15 is 0 Å². The smallest absolute Gasteiger partial charge is 0.225 e. The van der Waals surface area contributed by atoms with Crippen LogP contribution in [0, 0.1) is 0 Å². The van der Waals surface area contributed by atoms with E-state index in [0.717, 1.165) is 6.54 Å². The topological polar surface area (TPSA) is 76.3 Å². The number of nitrogens with one attached hydrogen (secondary N) is 1. The minimum Gasteiger partial charge on any atom is -0.476 e. The van der Waals surface area contributed by atoms with Crippen LogP contribution in [0.15, 0.2) is 6.07 Å². The number of nitrogens with two attached hydrogens (primary N) is 1. The highest BCUT2D eigenvalue weighted by molar-refractivity contribution is 5.41. The fraction of sp³-hybridized carbons (Fsp3) is 0.556. The molecule has 3 N–H and O–H groups in total. The first-order chi connectivity index (χ1) is 7.11. The van der Waals surface area contributed by atoms with Crippen molar-refractivity contribution in [2.75, 3.05) is 45.3 Å². The van der Waals surface area contributed by atoms with Crippen LogP contribution in [0.1, 0.15) is 0 Å². The van der Waals surface area contributed by atoms with Crippen molar-refractivity contribution in [1.29, 1.82) is 0 Å². The zero-order chi connectivity index (χ0) is 11.3. The van der Waals surface area contributed by atoms with Crippen molar-refractivity contribution in [3.05, 3.63) is 6.07 Å². The van der Waals surface area contributed by atoms with E-state index in [1.165, 1.54) is 0 Å². The Labute approximate surface area is 89.5 Å². The number of likely N-dealkylation sites (N-methyl/N-ethyl adjacent to an activating group) is 1. The predicted molar refractivity (Wildman–Crippen MR) is 60.0 cm³/mol. The average Bonchev–Trinajstić information content (AvgIpc) is 2.16. The Balaban J connectivity index is 2.56. The molecule has 1 aromatic heterocycles. The molecule has 0 aliphatic rings. The summed E-state index contributed by atoms with van der Waals surface area (Å²) in [6, 6.07) is 1.71. The molecule has 1 rings (SSSR count). The van der Waals surface area contributed by atoms with Gasteiger partial charge in [0.25, 0.3) is 0 Å². The summed E-state index contributed by atoms with van der Waals surface area (Å²) in [5.41, 5.74) is 5.51. The van der Waals surface area contributed by atoms with Gasteiger partial charge in [-0.05, 0) is 14.1 Å². The summed E-state index contributed by atoms with van der Waals surface area (Å²) in [5, 5.41) is 2.89. The van der Waals surface area contributed by atoms with Gasteiger partial charge in [0.05, 0.1) is 0 Å². The average molecular weight is 211 g/mol. The summed E-state index contributed by atoms with van der Waals surface area (Å²) in [7, 11) is 5.73. The maximum Gasteiger partial charge on any atom is 0.225 e. The van der Waals surface area contributed by atoms with E-state index in [-0.39, 0.29) is 5.95 Å². The van der Waals surface area contributed by atoms with Crippen LogP contribution >= 0.6 is 0 Å². The normalized spacial score (nSPS) is 10.4. The number of anilines is 2. The molecule has 0 amide bonds. The molecule has 1 aromatic rings. The number of hydrogen-bond acceptors (Lipinski definition) is 6. The lowest BCUT2D eigenvalue weighted by Gasteiger charge is -2.11. The molecule has 0 radical (unpaired) electrons. The third kappa shape index (κ3) is 3.99.